The van der Waals surface area contributed by atoms with Crippen LogP contribution in [0.1, 0.15) is 46.4 Å². The summed E-state index contributed by atoms with van der Waals surface area (Å²) in [7, 11) is 0. The van der Waals surface area contributed by atoms with Crippen molar-refractivity contribution < 1.29 is 47.6 Å². The highest BCUT2D eigenvalue weighted by Crippen LogP contribution is 2.34. The van der Waals surface area contributed by atoms with Crippen LogP contribution in [0.25, 0.3) is 10.8 Å². The van der Waals surface area contributed by atoms with Gasteiger partial charge in [0.25, 0.3) is 0 Å². The third kappa shape index (κ3) is 10.6. The Morgan fingerprint density at radius 2 is 0.875 bits per heavy atom. The van der Waals surface area contributed by atoms with Crippen LogP contribution in [0.2, 0.25) is 0 Å². The number of carbonyl (C=O) groups excluding carboxylic acids is 4. The SMILES string of the molecule is C=CC(=O)OCCCCOc1ccc(C(=O)Oc2ccc(OC(=O)c3ccc(OCCCCOC(=O)C=C)cc3)c3ccccc23)cc1. The van der Waals surface area contributed by atoms with Gasteiger partial charge in [-0.3, -0.25) is 0 Å². The number of esters is 4. The van der Waals surface area contributed by atoms with Crippen molar-refractivity contribution in [2.45, 2.75) is 25.7 Å². The number of unbranched alkanes of at least 4 members (excludes halogenated alkanes) is 2. The summed E-state index contributed by atoms with van der Waals surface area (Å²) < 4.78 is 32.7. The highest BCUT2D eigenvalue weighted by molar-refractivity contribution is 6.00. The van der Waals surface area contributed by atoms with Gasteiger partial charge in [-0.25, -0.2) is 19.2 Å². The fraction of sp³-hybridized carbons (Fsp3) is 0.211. The summed E-state index contributed by atoms with van der Waals surface area (Å²) in [5, 5.41) is 1.19. The number of rotatable bonds is 18. The first-order chi connectivity index (χ1) is 23.4. The Hall–Kier alpha value is -5.90. The zero-order valence-electron chi connectivity index (χ0n) is 26.4. The molecular weight excluding hydrogens is 616 g/mol. The van der Waals surface area contributed by atoms with Crippen molar-refractivity contribution in [3.8, 4) is 23.0 Å². The molecule has 0 aliphatic rings. The Morgan fingerprint density at radius 1 is 0.500 bits per heavy atom. The maximum absolute atomic E-state index is 13.0. The van der Waals surface area contributed by atoms with Crippen molar-refractivity contribution in [2.24, 2.45) is 0 Å². The minimum atomic E-state index is -0.557. The molecule has 10 nitrogen and oxygen atoms in total. The smallest absolute Gasteiger partial charge is 0.343 e. The first kappa shape index (κ1) is 35.0. The number of fused-ring (bicyclic) bond motifs is 1. The molecule has 0 aromatic heterocycles. The third-order valence-corrected chi connectivity index (χ3v) is 6.87. The van der Waals surface area contributed by atoms with E-state index in [2.05, 4.69) is 13.2 Å². The minimum absolute atomic E-state index is 0.295. The van der Waals surface area contributed by atoms with Crippen LogP contribution in [-0.4, -0.2) is 50.3 Å². The maximum Gasteiger partial charge on any atom is 0.343 e. The molecule has 0 saturated heterocycles. The predicted molar refractivity (Wildman–Crippen MR) is 179 cm³/mol. The normalized spacial score (nSPS) is 10.4. The molecule has 0 radical (unpaired) electrons. The molecule has 0 amide bonds. The molecule has 0 unspecified atom stereocenters. The average molecular weight is 653 g/mol. The number of carbonyl (C=O) groups is 4. The van der Waals surface area contributed by atoms with Gasteiger partial charge < -0.3 is 28.4 Å². The first-order valence-electron chi connectivity index (χ1n) is 15.4. The van der Waals surface area contributed by atoms with Gasteiger partial charge in [0.15, 0.2) is 0 Å². The molecule has 0 heterocycles. The summed E-state index contributed by atoms with van der Waals surface area (Å²) in [5.41, 5.74) is 0.666. The second-order valence-electron chi connectivity index (χ2n) is 10.3. The average Bonchev–Trinajstić information content (AvgIpc) is 3.12. The van der Waals surface area contributed by atoms with Crippen LogP contribution in [0.3, 0.4) is 0 Å². The number of hydrogen-bond donors (Lipinski definition) is 0. The molecule has 0 N–H and O–H groups in total. The highest BCUT2D eigenvalue weighted by atomic mass is 16.5. The van der Waals surface area contributed by atoms with Gasteiger partial charge in [0, 0.05) is 22.9 Å². The van der Waals surface area contributed by atoms with E-state index in [0.29, 0.717) is 97.0 Å². The van der Waals surface area contributed by atoms with Crippen LogP contribution in [-0.2, 0) is 19.1 Å². The summed E-state index contributed by atoms with van der Waals surface area (Å²) >= 11 is 0. The van der Waals surface area contributed by atoms with E-state index in [1.165, 1.54) is 0 Å². The van der Waals surface area contributed by atoms with E-state index in [0.717, 1.165) is 12.2 Å². The molecule has 0 aliphatic carbocycles. The lowest BCUT2D eigenvalue weighted by Crippen LogP contribution is -2.10. The van der Waals surface area contributed by atoms with Gasteiger partial charge in [-0.2, -0.15) is 0 Å². The van der Waals surface area contributed by atoms with E-state index >= 15 is 0 Å². The van der Waals surface area contributed by atoms with Gasteiger partial charge in [0.2, 0.25) is 0 Å². The van der Waals surface area contributed by atoms with Crippen LogP contribution in [0.5, 0.6) is 23.0 Å². The van der Waals surface area contributed by atoms with E-state index in [1.807, 2.05) is 0 Å². The molecular formula is C38H36O10. The Morgan fingerprint density at radius 3 is 1.25 bits per heavy atom. The fourth-order valence-corrected chi connectivity index (χ4v) is 4.37. The molecule has 10 heteroatoms. The lowest BCUT2D eigenvalue weighted by molar-refractivity contribution is -0.138. The number of benzene rings is 4. The van der Waals surface area contributed by atoms with E-state index in [4.69, 9.17) is 28.4 Å². The number of hydrogen-bond acceptors (Lipinski definition) is 10. The summed E-state index contributed by atoms with van der Waals surface area (Å²) in [6.45, 7) is 8.15. The summed E-state index contributed by atoms with van der Waals surface area (Å²) in [6.07, 6.45) is 4.93. The number of ether oxygens (including phenoxy) is 6. The molecule has 4 rings (SSSR count). The van der Waals surface area contributed by atoms with Gasteiger partial charge in [0.1, 0.15) is 23.0 Å². The Balaban J connectivity index is 1.29. The van der Waals surface area contributed by atoms with Crippen LogP contribution >= 0.6 is 0 Å². The molecule has 0 spiro atoms. The Bertz CT molecular complexity index is 1600. The molecule has 248 valence electrons. The standard InChI is InChI=1S/C38H36O10/c1-3-35(39)45-25-9-7-23-43-29-17-13-27(14-18-29)37(41)47-33-21-22-34(32-12-6-5-11-31(32)33)48-38(42)28-15-19-30(20-16-28)44-24-8-10-26-46-36(40)4-2/h3-6,11-22H,1-2,7-10,23-26H2. The van der Waals surface area contributed by atoms with Gasteiger partial charge >= 0.3 is 23.9 Å². The highest BCUT2D eigenvalue weighted by Gasteiger charge is 2.16. The molecule has 0 fully saturated rings. The Labute approximate surface area is 278 Å². The quantitative estimate of drug-likeness (QED) is 0.0478. The van der Waals surface area contributed by atoms with Crippen molar-refractivity contribution in [1.29, 1.82) is 0 Å². The predicted octanol–water partition coefficient (Wildman–Crippen LogP) is 7.05. The van der Waals surface area contributed by atoms with Crippen molar-refractivity contribution in [3.63, 3.8) is 0 Å². The van der Waals surface area contributed by atoms with Gasteiger partial charge in [-0.05, 0) is 86.3 Å². The Kier molecular flexibility index (Phi) is 13.3. The van der Waals surface area contributed by atoms with Gasteiger partial charge in [-0.1, -0.05) is 37.4 Å². The molecule has 0 bridgehead atoms. The van der Waals surface area contributed by atoms with Crippen LogP contribution in [0, 0.1) is 0 Å². The van der Waals surface area contributed by atoms with E-state index in [-0.39, 0.29) is 0 Å². The largest absolute Gasteiger partial charge is 0.494 e. The van der Waals surface area contributed by atoms with Crippen molar-refractivity contribution in [2.75, 3.05) is 26.4 Å². The summed E-state index contributed by atoms with van der Waals surface area (Å²) in [5.74, 6) is -0.207. The minimum Gasteiger partial charge on any atom is -0.494 e. The van der Waals surface area contributed by atoms with E-state index in [9.17, 15) is 19.2 Å². The fourth-order valence-electron chi connectivity index (χ4n) is 4.37. The van der Waals surface area contributed by atoms with Crippen LogP contribution < -0.4 is 18.9 Å². The summed E-state index contributed by atoms with van der Waals surface area (Å²) in [6, 6.07) is 23.5. The van der Waals surface area contributed by atoms with Crippen molar-refractivity contribution in [1.82, 2.24) is 0 Å². The zero-order chi connectivity index (χ0) is 34.1. The zero-order valence-corrected chi connectivity index (χ0v) is 26.4. The first-order valence-corrected chi connectivity index (χ1v) is 15.4. The van der Waals surface area contributed by atoms with E-state index in [1.54, 1.807) is 84.9 Å². The molecule has 48 heavy (non-hydrogen) atoms. The van der Waals surface area contributed by atoms with E-state index < -0.39 is 23.9 Å². The second-order valence-corrected chi connectivity index (χ2v) is 10.3. The second kappa shape index (κ2) is 18.3. The van der Waals surface area contributed by atoms with Crippen LogP contribution in [0.4, 0.5) is 0 Å². The molecule has 0 saturated carbocycles. The van der Waals surface area contributed by atoms with Crippen LogP contribution in [0.15, 0.2) is 110 Å². The lowest BCUT2D eigenvalue weighted by atomic mass is 10.1. The van der Waals surface area contributed by atoms with Gasteiger partial charge in [0.05, 0.1) is 37.6 Å². The molecule has 4 aromatic rings. The van der Waals surface area contributed by atoms with Crippen molar-refractivity contribution in [3.05, 3.63) is 121 Å². The van der Waals surface area contributed by atoms with Gasteiger partial charge in [-0.15, -0.1) is 0 Å². The van der Waals surface area contributed by atoms with Crippen molar-refractivity contribution >= 4 is 34.6 Å². The maximum atomic E-state index is 13.0. The molecule has 4 aromatic carbocycles. The summed E-state index contributed by atoms with van der Waals surface area (Å²) in [4.78, 5) is 48.1. The lowest BCUT2D eigenvalue weighted by Gasteiger charge is -2.12. The molecule has 0 aliphatic heterocycles. The third-order valence-electron chi connectivity index (χ3n) is 6.87. The monoisotopic (exact) mass is 652 g/mol. The molecule has 0 atom stereocenters. The topological polar surface area (TPSA) is 124 Å².